The second-order valence-corrected chi connectivity index (χ2v) is 3.85. The molecule has 1 rings (SSSR count). The van der Waals surface area contributed by atoms with E-state index < -0.39 is 0 Å². The Balaban J connectivity index is 2.08. The number of carbonyl (C=O) groups is 2. The summed E-state index contributed by atoms with van der Waals surface area (Å²) in [6.45, 7) is 2.08. The average Bonchev–Trinajstić information content (AvgIpc) is 2.33. The molecule has 0 spiro atoms. The van der Waals surface area contributed by atoms with Crippen LogP contribution in [0.15, 0.2) is 30.3 Å². The van der Waals surface area contributed by atoms with Crippen LogP contribution in [-0.4, -0.2) is 24.9 Å². The van der Waals surface area contributed by atoms with Crippen LogP contribution < -0.4 is 10.6 Å². The molecule has 0 aliphatic heterocycles. The van der Waals surface area contributed by atoms with Crippen molar-refractivity contribution in [2.24, 2.45) is 0 Å². The highest BCUT2D eigenvalue weighted by Gasteiger charge is 2.00. The van der Waals surface area contributed by atoms with Gasteiger partial charge in [0.25, 0.3) is 0 Å². The maximum absolute atomic E-state index is 11.2. The topological polar surface area (TPSA) is 58.2 Å². The second kappa shape index (κ2) is 7.44. The molecule has 0 heterocycles. The summed E-state index contributed by atoms with van der Waals surface area (Å²) in [4.78, 5) is 21.8. The van der Waals surface area contributed by atoms with Gasteiger partial charge in [-0.2, -0.15) is 0 Å². The monoisotopic (exact) mass is 234 g/mol. The van der Waals surface area contributed by atoms with E-state index in [9.17, 15) is 9.59 Å². The van der Waals surface area contributed by atoms with Crippen LogP contribution in [0.1, 0.15) is 18.9 Å². The van der Waals surface area contributed by atoms with E-state index in [-0.39, 0.29) is 18.4 Å². The van der Waals surface area contributed by atoms with Crippen molar-refractivity contribution >= 4 is 11.8 Å². The summed E-state index contributed by atoms with van der Waals surface area (Å²) in [5.41, 5.74) is 1.27. The van der Waals surface area contributed by atoms with Gasteiger partial charge in [-0.3, -0.25) is 9.59 Å². The fourth-order valence-corrected chi connectivity index (χ4v) is 1.43. The van der Waals surface area contributed by atoms with Crippen molar-refractivity contribution in [3.63, 3.8) is 0 Å². The maximum atomic E-state index is 11.2. The highest BCUT2D eigenvalue weighted by molar-refractivity contribution is 5.83. The summed E-state index contributed by atoms with van der Waals surface area (Å²) in [7, 11) is 0. The first kappa shape index (κ1) is 13.2. The number of hydrogen-bond donors (Lipinski definition) is 2. The van der Waals surface area contributed by atoms with Crippen LogP contribution in [0.2, 0.25) is 0 Å². The molecule has 0 aliphatic carbocycles. The lowest BCUT2D eigenvalue weighted by molar-refractivity contribution is -0.125. The number of carbonyl (C=O) groups excluding carboxylic acids is 2. The fraction of sp³-hybridized carbons (Fsp3) is 0.385. The van der Waals surface area contributed by atoms with Crippen LogP contribution in [0.5, 0.6) is 0 Å². The zero-order valence-corrected chi connectivity index (χ0v) is 10.0. The summed E-state index contributed by atoms with van der Waals surface area (Å²) >= 11 is 0. The molecule has 1 aromatic carbocycles. The minimum absolute atomic E-state index is 0.0562. The standard InChI is InChI=1S/C13H18N2O2/c1-11(16)15-10-13(17)14-9-5-8-12-6-3-2-4-7-12/h2-4,6-7H,5,8-10H2,1H3,(H,14,17)(H,15,16). The Morgan fingerprint density at radius 2 is 1.82 bits per heavy atom. The molecule has 0 saturated heterocycles. The van der Waals surface area contributed by atoms with Crippen molar-refractivity contribution in [3.8, 4) is 0 Å². The van der Waals surface area contributed by atoms with E-state index in [0.717, 1.165) is 12.8 Å². The van der Waals surface area contributed by atoms with Gasteiger partial charge < -0.3 is 10.6 Å². The first-order valence-electron chi connectivity index (χ1n) is 5.73. The van der Waals surface area contributed by atoms with Gasteiger partial charge in [0.1, 0.15) is 0 Å². The largest absolute Gasteiger partial charge is 0.355 e. The van der Waals surface area contributed by atoms with E-state index in [0.29, 0.717) is 6.54 Å². The first-order chi connectivity index (χ1) is 8.18. The zero-order valence-electron chi connectivity index (χ0n) is 10.0. The van der Waals surface area contributed by atoms with E-state index in [1.807, 2.05) is 18.2 Å². The molecule has 1 aromatic rings. The average molecular weight is 234 g/mol. The van der Waals surface area contributed by atoms with Crippen molar-refractivity contribution in [1.82, 2.24) is 10.6 Å². The van der Waals surface area contributed by atoms with Gasteiger partial charge in [0, 0.05) is 13.5 Å². The van der Waals surface area contributed by atoms with Crippen LogP contribution in [0.3, 0.4) is 0 Å². The molecule has 17 heavy (non-hydrogen) atoms. The van der Waals surface area contributed by atoms with E-state index in [4.69, 9.17) is 0 Å². The summed E-state index contributed by atoms with van der Waals surface area (Å²) in [6.07, 6.45) is 1.84. The highest BCUT2D eigenvalue weighted by atomic mass is 16.2. The minimum Gasteiger partial charge on any atom is -0.355 e. The van der Waals surface area contributed by atoms with Crippen molar-refractivity contribution in [2.75, 3.05) is 13.1 Å². The van der Waals surface area contributed by atoms with Crippen molar-refractivity contribution in [2.45, 2.75) is 19.8 Å². The van der Waals surface area contributed by atoms with E-state index in [1.165, 1.54) is 12.5 Å². The predicted octanol–water partition coefficient (Wildman–Crippen LogP) is 0.871. The van der Waals surface area contributed by atoms with Crippen LogP contribution in [0.4, 0.5) is 0 Å². The van der Waals surface area contributed by atoms with Crippen LogP contribution in [0, 0.1) is 0 Å². The van der Waals surface area contributed by atoms with Crippen LogP contribution >= 0.6 is 0 Å². The van der Waals surface area contributed by atoms with Gasteiger partial charge in [-0.15, -0.1) is 0 Å². The zero-order chi connectivity index (χ0) is 12.5. The molecule has 0 unspecified atom stereocenters. The van der Waals surface area contributed by atoms with Gasteiger partial charge in [-0.1, -0.05) is 30.3 Å². The number of hydrogen-bond acceptors (Lipinski definition) is 2. The lowest BCUT2D eigenvalue weighted by Gasteiger charge is -2.05. The van der Waals surface area contributed by atoms with Gasteiger partial charge in [0.2, 0.25) is 11.8 Å². The second-order valence-electron chi connectivity index (χ2n) is 3.85. The lowest BCUT2D eigenvalue weighted by atomic mass is 10.1. The van der Waals surface area contributed by atoms with Gasteiger partial charge in [-0.25, -0.2) is 0 Å². The highest BCUT2D eigenvalue weighted by Crippen LogP contribution is 2.01. The molecule has 4 heteroatoms. The van der Waals surface area contributed by atoms with Crippen molar-refractivity contribution in [1.29, 1.82) is 0 Å². The molecule has 0 atom stereocenters. The van der Waals surface area contributed by atoms with E-state index in [1.54, 1.807) is 0 Å². The number of nitrogens with one attached hydrogen (secondary N) is 2. The van der Waals surface area contributed by atoms with Crippen molar-refractivity contribution in [3.05, 3.63) is 35.9 Å². The van der Waals surface area contributed by atoms with Gasteiger partial charge in [0.05, 0.1) is 6.54 Å². The number of rotatable bonds is 6. The Hall–Kier alpha value is -1.84. The number of benzene rings is 1. The van der Waals surface area contributed by atoms with E-state index in [2.05, 4.69) is 22.8 Å². The first-order valence-corrected chi connectivity index (χ1v) is 5.73. The quantitative estimate of drug-likeness (QED) is 0.718. The SMILES string of the molecule is CC(=O)NCC(=O)NCCCc1ccccc1. The smallest absolute Gasteiger partial charge is 0.239 e. The molecule has 0 aliphatic rings. The normalized spacial score (nSPS) is 9.71. The Bertz CT molecular complexity index is 363. The Morgan fingerprint density at radius 3 is 2.47 bits per heavy atom. The lowest BCUT2D eigenvalue weighted by Crippen LogP contribution is -2.36. The molecular formula is C13H18N2O2. The number of aryl methyl sites for hydroxylation is 1. The third-order valence-electron chi connectivity index (χ3n) is 2.31. The van der Waals surface area contributed by atoms with E-state index >= 15 is 0 Å². The Morgan fingerprint density at radius 1 is 1.12 bits per heavy atom. The molecule has 0 bridgehead atoms. The summed E-state index contributed by atoms with van der Waals surface area (Å²) in [6, 6.07) is 10.1. The summed E-state index contributed by atoms with van der Waals surface area (Å²) in [5, 5.41) is 5.21. The fourth-order valence-electron chi connectivity index (χ4n) is 1.43. The molecule has 0 saturated carbocycles. The molecule has 92 valence electrons. The Labute approximate surface area is 101 Å². The number of amides is 2. The molecule has 0 aromatic heterocycles. The van der Waals surface area contributed by atoms with Crippen LogP contribution in [0.25, 0.3) is 0 Å². The maximum Gasteiger partial charge on any atom is 0.239 e. The third-order valence-corrected chi connectivity index (χ3v) is 2.31. The molecule has 2 N–H and O–H groups in total. The van der Waals surface area contributed by atoms with Gasteiger partial charge in [0.15, 0.2) is 0 Å². The predicted molar refractivity (Wildman–Crippen MR) is 66.5 cm³/mol. The minimum atomic E-state index is -0.190. The molecular weight excluding hydrogens is 216 g/mol. The van der Waals surface area contributed by atoms with Crippen LogP contribution in [-0.2, 0) is 16.0 Å². The van der Waals surface area contributed by atoms with Gasteiger partial charge in [-0.05, 0) is 18.4 Å². The molecule has 0 radical (unpaired) electrons. The summed E-state index contributed by atoms with van der Waals surface area (Å²) in [5.74, 6) is -0.335. The van der Waals surface area contributed by atoms with Gasteiger partial charge >= 0.3 is 0 Å². The molecule has 4 nitrogen and oxygen atoms in total. The third kappa shape index (κ3) is 6.35. The summed E-state index contributed by atoms with van der Waals surface area (Å²) < 4.78 is 0. The Kier molecular flexibility index (Phi) is 5.79. The molecule has 2 amide bonds. The van der Waals surface area contributed by atoms with Crippen molar-refractivity contribution < 1.29 is 9.59 Å². The molecule has 0 fully saturated rings.